The topological polar surface area (TPSA) is 32.3 Å². The van der Waals surface area contributed by atoms with Crippen LogP contribution < -0.4 is 10.2 Å². The van der Waals surface area contributed by atoms with Crippen LogP contribution in [-0.2, 0) is 10.2 Å². The van der Waals surface area contributed by atoms with Gasteiger partial charge in [0.25, 0.3) is 0 Å². The van der Waals surface area contributed by atoms with Crippen molar-refractivity contribution in [3.05, 3.63) is 70.2 Å². The summed E-state index contributed by atoms with van der Waals surface area (Å²) in [6, 6.07) is 16.5. The Kier molecular flexibility index (Phi) is 3.36. The molecule has 4 heteroatoms. The number of rotatable bonds is 2. The molecule has 24 heavy (non-hydrogen) atoms. The molecule has 2 aromatic carbocycles. The Labute approximate surface area is 150 Å². The minimum atomic E-state index is -0.532. The monoisotopic (exact) mass is 382 g/mol. The molecule has 3 nitrogen and oxygen atoms in total. The number of carbonyl (C=O) groups excluding carboxylic acids is 1. The highest BCUT2D eigenvalue weighted by Crippen LogP contribution is 2.52. The summed E-state index contributed by atoms with van der Waals surface area (Å²) in [6.07, 6.45) is 4.23. The number of amides is 1. The number of benzene rings is 2. The number of nitrogens with one attached hydrogen (secondary N) is 1. The van der Waals surface area contributed by atoms with Gasteiger partial charge in [-0.25, -0.2) is 0 Å². The van der Waals surface area contributed by atoms with Gasteiger partial charge in [-0.15, -0.1) is 0 Å². The Hall–Kier alpha value is -2.07. The fourth-order valence-corrected chi connectivity index (χ4v) is 4.38. The second-order valence-corrected chi connectivity index (χ2v) is 7.85. The van der Waals surface area contributed by atoms with Crippen LogP contribution in [0.25, 0.3) is 6.08 Å². The average molecular weight is 383 g/mol. The zero-order valence-electron chi connectivity index (χ0n) is 13.7. The summed E-state index contributed by atoms with van der Waals surface area (Å²) in [6.45, 7) is 4.79. The molecule has 0 radical (unpaired) electrons. The first-order valence-corrected chi connectivity index (χ1v) is 8.86. The Bertz CT molecular complexity index is 858. The molecular formula is C20H19BrN2O. The Morgan fingerprint density at radius 2 is 1.96 bits per heavy atom. The lowest BCUT2D eigenvalue weighted by Gasteiger charge is -2.40. The minimum Gasteiger partial charge on any atom is -0.335 e. The summed E-state index contributed by atoms with van der Waals surface area (Å²) in [5.41, 5.74) is 2.75. The van der Waals surface area contributed by atoms with Gasteiger partial charge >= 0.3 is 0 Å². The van der Waals surface area contributed by atoms with Crippen LogP contribution in [-0.4, -0.2) is 18.1 Å². The van der Waals surface area contributed by atoms with E-state index in [1.54, 1.807) is 0 Å². The van der Waals surface area contributed by atoms with Crippen molar-refractivity contribution in [2.75, 3.05) is 11.4 Å². The largest absolute Gasteiger partial charge is 0.335 e. The summed E-state index contributed by atoms with van der Waals surface area (Å²) < 4.78 is 1.04. The maximum Gasteiger partial charge on any atom is 0.241 e. The molecule has 2 heterocycles. The molecule has 0 unspecified atom stereocenters. The van der Waals surface area contributed by atoms with Gasteiger partial charge in [0.2, 0.25) is 5.91 Å². The first kappa shape index (κ1) is 15.5. The molecule has 2 aliphatic rings. The zero-order valence-corrected chi connectivity index (χ0v) is 15.3. The van der Waals surface area contributed by atoms with Crippen molar-refractivity contribution in [3.8, 4) is 0 Å². The molecule has 0 aliphatic carbocycles. The number of nitrogens with zero attached hydrogens (tertiary/aromatic N) is 1. The molecule has 0 saturated carbocycles. The number of halogens is 1. The van der Waals surface area contributed by atoms with Crippen LogP contribution in [0.5, 0.6) is 0 Å². The van der Waals surface area contributed by atoms with Crippen LogP contribution in [0.4, 0.5) is 5.69 Å². The van der Waals surface area contributed by atoms with Crippen molar-refractivity contribution in [2.45, 2.75) is 24.9 Å². The molecule has 1 atom stereocenters. The van der Waals surface area contributed by atoms with Gasteiger partial charge in [0, 0.05) is 15.6 Å². The Morgan fingerprint density at radius 1 is 1.17 bits per heavy atom. The first-order valence-electron chi connectivity index (χ1n) is 8.07. The molecule has 122 valence electrons. The van der Waals surface area contributed by atoms with Crippen molar-refractivity contribution < 1.29 is 4.79 Å². The summed E-state index contributed by atoms with van der Waals surface area (Å²) in [5, 5.41) is 3.24. The van der Waals surface area contributed by atoms with E-state index < -0.39 is 5.66 Å². The molecule has 0 bridgehead atoms. The normalized spacial score (nSPS) is 24.1. The molecule has 4 rings (SSSR count). The van der Waals surface area contributed by atoms with Gasteiger partial charge in [0.15, 0.2) is 0 Å². The van der Waals surface area contributed by atoms with Crippen LogP contribution in [0.1, 0.15) is 25.0 Å². The fourth-order valence-electron chi connectivity index (χ4n) is 3.97. The summed E-state index contributed by atoms with van der Waals surface area (Å²) >= 11 is 3.51. The number of hydrogen-bond acceptors (Lipinski definition) is 2. The molecule has 1 saturated heterocycles. The second kappa shape index (κ2) is 5.21. The predicted octanol–water partition coefficient (Wildman–Crippen LogP) is 4.09. The van der Waals surface area contributed by atoms with Crippen LogP contribution in [0, 0.1) is 0 Å². The lowest BCUT2D eigenvalue weighted by Crippen LogP contribution is -2.58. The molecule has 2 aromatic rings. The lowest BCUT2D eigenvalue weighted by atomic mass is 9.75. The highest BCUT2D eigenvalue weighted by Gasteiger charge is 2.59. The van der Waals surface area contributed by atoms with E-state index in [0.29, 0.717) is 6.54 Å². The smallest absolute Gasteiger partial charge is 0.241 e. The van der Waals surface area contributed by atoms with Gasteiger partial charge in [-0.2, -0.15) is 0 Å². The number of para-hydroxylation sites is 1. The van der Waals surface area contributed by atoms with E-state index >= 15 is 0 Å². The number of anilines is 1. The van der Waals surface area contributed by atoms with Crippen molar-refractivity contribution in [1.29, 1.82) is 0 Å². The molecule has 2 aliphatic heterocycles. The maximum atomic E-state index is 12.2. The maximum absolute atomic E-state index is 12.2. The molecule has 0 spiro atoms. The van der Waals surface area contributed by atoms with E-state index in [4.69, 9.17) is 0 Å². The van der Waals surface area contributed by atoms with E-state index in [9.17, 15) is 4.79 Å². The third-order valence-electron chi connectivity index (χ3n) is 5.24. The van der Waals surface area contributed by atoms with Crippen molar-refractivity contribution in [2.24, 2.45) is 0 Å². The van der Waals surface area contributed by atoms with Gasteiger partial charge in [-0.1, -0.05) is 66.2 Å². The van der Waals surface area contributed by atoms with Gasteiger partial charge in [0.1, 0.15) is 5.66 Å². The first-order chi connectivity index (χ1) is 11.4. The highest BCUT2D eigenvalue weighted by molar-refractivity contribution is 9.10. The van der Waals surface area contributed by atoms with E-state index in [1.165, 1.54) is 5.56 Å². The number of carbonyl (C=O) groups is 1. The van der Waals surface area contributed by atoms with E-state index in [-0.39, 0.29) is 11.3 Å². The molecule has 1 fully saturated rings. The Morgan fingerprint density at radius 3 is 2.75 bits per heavy atom. The standard InChI is InChI=1S/C20H19BrN2O/c1-19(2)16-8-3-4-9-17(16)23-13-18(24)22-20(19,23)11-10-14-6-5-7-15(21)12-14/h3-12H,13H2,1-2H3,(H,22,24)/b11-10+/t20-/m0/s1. The summed E-state index contributed by atoms with van der Waals surface area (Å²) in [7, 11) is 0. The molecular weight excluding hydrogens is 364 g/mol. The van der Waals surface area contributed by atoms with Crippen molar-refractivity contribution >= 4 is 33.6 Å². The second-order valence-electron chi connectivity index (χ2n) is 6.93. The van der Waals surface area contributed by atoms with Crippen molar-refractivity contribution in [3.63, 3.8) is 0 Å². The van der Waals surface area contributed by atoms with Gasteiger partial charge in [0.05, 0.1) is 6.54 Å². The van der Waals surface area contributed by atoms with Crippen LogP contribution in [0.15, 0.2) is 59.1 Å². The predicted molar refractivity (Wildman–Crippen MR) is 101 cm³/mol. The van der Waals surface area contributed by atoms with E-state index in [0.717, 1.165) is 15.7 Å². The third kappa shape index (κ3) is 2.06. The molecule has 0 aromatic heterocycles. The van der Waals surface area contributed by atoms with Crippen LogP contribution in [0.2, 0.25) is 0 Å². The highest BCUT2D eigenvalue weighted by atomic mass is 79.9. The van der Waals surface area contributed by atoms with Crippen molar-refractivity contribution in [1.82, 2.24) is 5.32 Å². The van der Waals surface area contributed by atoms with Crippen LogP contribution in [0.3, 0.4) is 0 Å². The molecule has 1 N–H and O–H groups in total. The van der Waals surface area contributed by atoms with E-state index in [2.05, 4.69) is 82.5 Å². The zero-order chi connectivity index (χ0) is 16.9. The van der Waals surface area contributed by atoms with Gasteiger partial charge in [-0.05, 0) is 35.4 Å². The van der Waals surface area contributed by atoms with E-state index in [1.807, 2.05) is 18.2 Å². The number of fused-ring (bicyclic) bond motifs is 3. The summed E-state index contributed by atoms with van der Waals surface area (Å²) in [4.78, 5) is 14.4. The van der Waals surface area contributed by atoms with Gasteiger partial charge < -0.3 is 10.2 Å². The fraction of sp³-hybridized carbons (Fsp3) is 0.250. The average Bonchev–Trinajstić information content (AvgIpc) is 2.98. The van der Waals surface area contributed by atoms with Crippen LogP contribution >= 0.6 is 15.9 Å². The van der Waals surface area contributed by atoms with Gasteiger partial charge in [-0.3, -0.25) is 4.79 Å². The third-order valence-corrected chi connectivity index (χ3v) is 5.74. The minimum absolute atomic E-state index is 0.0662. The number of hydrogen-bond donors (Lipinski definition) is 1. The molecule has 1 amide bonds. The SMILES string of the molecule is CC1(C)c2ccccc2N2CC(=O)N[C@@]21/C=C/c1cccc(Br)c1. The quantitative estimate of drug-likeness (QED) is 0.848. The Balaban J connectivity index is 1.84. The summed E-state index contributed by atoms with van der Waals surface area (Å²) in [5.74, 6) is 0.0662. The lowest BCUT2D eigenvalue weighted by molar-refractivity contribution is -0.118.